The lowest BCUT2D eigenvalue weighted by Crippen LogP contribution is -2.43. The van der Waals surface area contributed by atoms with Crippen molar-refractivity contribution in [2.24, 2.45) is 5.73 Å². The number of benzene rings is 1. The summed E-state index contributed by atoms with van der Waals surface area (Å²) in [5.41, 5.74) is 8.12. The molecule has 2 rings (SSSR count). The molecule has 1 saturated heterocycles. The molecule has 1 atom stereocenters. The molecular formula is C16H26ClN3. The maximum Gasteiger partial charge on any atom is 0.0474 e. The Hall–Kier alpha value is -0.770. The molecule has 4 heteroatoms. The molecule has 1 unspecified atom stereocenters. The van der Waals surface area contributed by atoms with Gasteiger partial charge in [-0.05, 0) is 44.0 Å². The lowest BCUT2D eigenvalue weighted by Gasteiger charge is -2.37. The fraction of sp³-hybridized carbons (Fsp3) is 0.625. The lowest BCUT2D eigenvalue weighted by molar-refractivity contribution is 0.221. The van der Waals surface area contributed by atoms with E-state index in [9.17, 15) is 0 Å². The number of anilines is 1. The van der Waals surface area contributed by atoms with Gasteiger partial charge < -0.3 is 15.5 Å². The van der Waals surface area contributed by atoms with Gasteiger partial charge in [0, 0.05) is 42.9 Å². The number of halogens is 1. The molecule has 0 amide bonds. The molecule has 0 aliphatic carbocycles. The Balaban J connectivity index is 2.06. The van der Waals surface area contributed by atoms with Gasteiger partial charge in [0.2, 0.25) is 0 Å². The van der Waals surface area contributed by atoms with Crippen molar-refractivity contribution in [1.29, 1.82) is 0 Å². The fourth-order valence-electron chi connectivity index (χ4n) is 2.94. The lowest BCUT2D eigenvalue weighted by atomic mass is 10.0. The molecule has 1 aliphatic heterocycles. The average molecular weight is 296 g/mol. The van der Waals surface area contributed by atoms with Gasteiger partial charge in [0.1, 0.15) is 0 Å². The third-order valence-electron chi connectivity index (χ3n) is 4.43. The predicted molar refractivity (Wildman–Crippen MR) is 87.6 cm³/mol. The van der Waals surface area contributed by atoms with Crippen LogP contribution in [0.25, 0.3) is 0 Å². The highest BCUT2D eigenvalue weighted by Crippen LogP contribution is 2.29. The molecule has 1 aromatic rings. The van der Waals surface area contributed by atoms with Crippen LogP contribution < -0.4 is 10.6 Å². The Labute approximate surface area is 127 Å². The summed E-state index contributed by atoms with van der Waals surface area (Å²) in [5, 5.41) is 0.773. The maximum absolute atomic E-state index is 6.34. The van der Waals surface area contributed by atoms with Gasteiger partial charge >= 0.3 is 0 Å². The van der Waals surface area contributed by atoms with Gasteiger partial charge in [-0.1, -0.05) is 24.6 Å². The first-order chi connectivity index (χ1) is 9.52. The van der Waals surface area contributed by atoms with E-state index >= 15 is 0 Å². The van der Waals surface area contributed by atoms with E-state index in [0.717, 1.165) is 17.1 Å². The summed E-state index contributed by atoms with van der Waals surface area (Å²) >= 11 is 6.34. The molecule has 1 aliphatic rings. The van der Waals surface area contributed by atoms with E-state index in [-0.39, 0.29) is 6.04 Å². The third-order valence-corrected chi connectivity index (χ3v) is 4.76. The molecular weight excluding hydrogens is 270 g/mol. The Bertz CT molecular complexity index is 439. The van der Waals surface area contributed by atoms with Crippen LogP contribution in [0.15, 0.2) is 18.2 Å². The summed E-state index contributed by atoms with van der Waals surface area (Å²) in [6.45, 7) is 7.74. The highest BCUT2D eigenvalue weighted by Gasteiger charge is 2.22. The first kappa shape index (κ1) is 15.6. The van der Waals surface area contributed by atoms with Crippen LogP contribution in [0.1, 0.15) is 38.3 Å². The SMILES string of the molecule is CCN1CCC(N(C)c2ccc(C(C)N)c(Cl)c2)CC1. The maximum atomic E-state index is 6.34. The highest BCUT2D eigenvalue weighted by molar-refractivity contribution is 6.31. The molecule has 1 heterocycles. The Kier molecular flexibility index (Phi) is 5.30. The van der Waals surface area contributed by atoms with E-state index in [1.807, 2.05) is 13.0 Å². The minimum atomic E-state index is -0.0188. The molecule has 0 radical (unpaired) electrons. The van der Waals surface area contributed by atoms with Gasteiger partial charge in [0.05, 0.1) is 0 Å². The zero-order chi connectivity index (χ0) is 14.7. The quantitative estimate of drug-likeness (QED) is 0.925. The number of nitrogens with zero attached hydrogens (tertiary/aromatic N) is 2. The molecule has 0 aromatic heterocycles. The van der Waals surface area contributed by atoms with Crippen molar-refractivity contribution in [2.75, 3.05) is 31.6 Å². The van der Waals surface area contributed by atoms with Crippen LogP contribution in [0, 0.1) is 0 Å². The summed E-state index contributed by atoms with van der Waals surface area (Å²) in [5.74, 6) is 0. The smallest absolute Gasteiger partial charge is 0.0474 e. The molecule has 20 heavy (non-hydrogen) atoms. The van der Waals surface area contributed by atoms with Crippen molar-refractivity contribution in [3.63, 3.8) is 0 Å². The third kappa shape index (κ3) is 3.46. The second kappa shape index (κ2) is 6.79. The largest absolute Gasteiger partial charge is 0.371 e. The topological polar surface area (TPSA) is 32.5 Å². The molecule has 0 bridgehead atoms. The van der Waals surface area contributed by atoms with Crippen molar-refractivity contribution < 1.29 is 0 Å². The average Bonchev–Trinajstić information content (AvgIpc) is 2.46. The molecule has 3 nitrogen and oxygen atoms in total. The van der Waals surface area contributed by atoms with E-state index in [2.05, 4.69) is 35.9 Å². The number of piperidine rings is 1. The molecule has 1 aromatic carbocycles. The number of hydrogen-bond acceptors (Lipinski definition) is 3. The van der Waals surface area contributed by atoms with E-state index < -0.39 is 0 Å². The first-order valence-electron chi connectivity index (χ1n) is 7.53. The number of nitrogens with two attached hydrogens (primary N) is 1. The highest BCUT2D eigenvalue weighted by atomic mass is 35.5. The molecule has 112 valence electrons. The van der Waals surface area contributed by atoms with Crippen LogP contribution in [0.4, 0.5) is 5.69 Å². The van der Waals surface area contributed by atoms with Gasteiger partial charge in [0.25, 0.3) is 0 Å². The van der Waals surface area contributed by atoms with Crippen molar-refractivity contribution in [1.82, 2.24) is 4.90 Å². The zero-order valence-electron chi connectivity index (χ0n) is 12.8. The summed E-state index contributed by atoms with van der Waals surface area (Å²) in [4.78, 5) is 4.88. The van der Waals surface area contributed by atoms with E-state index in [1.165, 1.54) is 31.6 Å². The van der Waals surface area contributed by atoms with E-state index in [1.54, 1.807) is 0 Å². The Morgan fingerprint density at radius 2 is 2.05 bits per heavy atom. The minimum Gasteiger partial charge on any atom is -0.371 e. The molecule has 2 N–H and O–H groups in total. The van der Waals surface area contributed by atoms with Crippen LogP contribution in [-0.4, -0.2) is 37.6 Å². The molecule has 0 saturated carbocycles. The van der Waals surface area contributed by atoms with Crippen LogP contribution >= 0.6 is 11.6 Å². The first-order valence-corrected chi connectivity index (χ1v) is 7.91. The van der Waals surface area contributed by atoms with Crippen molar-refractivity contribution in [3.8, 4) is 0 Å². The number of rotatable bonds is 4. The van der Waals surface area contributed by atoms with Gasteiger partial charge in [-0.2, -0.15) is 0 Å². The summed E-state index contributed by atoms with van der Waals surface area (Å²) in [6, 6.07) is 6.83. The van der Waals surface area contributed by atoms with Crippen molar-refractivity contribution in [2.45, 2.75) is 38.8 Å². The summed E-state index contributed by atoms with van der Waals surface area (Å²) < 4.78 is 0. The van der Waals surface area contributed by atoms with Crippen LogP contribution in [0.2, 0.25) is 5.02 Å². The molecule has 0 spiro atoms. The fourth-order valence-corrected chi connectivity index (χ4v) is 3.29. The summed E-state index contributed by atoms with van der Waals surface area (Å²) in [6.07, 6.45) is 2.44. The Morgan fingerprint density at radius 1 is 1.40 bits per heavy atom. The number of likely N-dealkylation sites (tertiary alicyclic amines) is 1. The monoisotopic (exact) mass is 295 g/mol. The number of hydrogen-bond donors (Lipinski definition) is 1. The minimum absolute atomic E-state index is 0.0188. The summed E-state index contributed by atoms with van der Waals surface area (Å²) in [7, 11) is 2.17. The standard InChI is InChI=1S/C16H26ClN3/c1-4-20-9-7-13(8-10-20)19(3)14-5-6-15(12(2)18)16(17)11-14/h5-6,11-13H,4,7-10,18H2,1-3H3. The van der Waals surface area contributed by atoms with Crippen molar-refractivity contribution >= 4 is 17.3 Å². The van der Waals surface area contributed by atoms with Crippen LogP contribution in [0.5, 0.6) is 0 Å². The van der Waals surface area contributed by atoms with E-state index in [4.69, 9.17) is 17.3 Å². The van der Waals surface area contributed by atoms with Crippen LogP contribution in [0.3, 0.4) is 0 Å². The zero-order valence-corrected chi connectivity index (χ0v) is 13.5. The van der Waals surface area contributed by atoms with Gasteiger partial charge in [-0.3, -0.25) is 0 Å². The van der Waals surface area contributed by atoms with Gasteiger partial charge in [0.15, 0.2) is 0 Å². The normalized spacial score (nSPS) is 19.1. The Morgan fingerprint density at radius 3 is 2.55 bits per heavy atom. The second-order valence-corrected chi connectivity index (χ2v) is 6.18. The van der Waals surface area contributed by atoms with Gasteiger partial charge in [-0.15, -0.1) is 0 Å². The van der Waals surface area contributed by atoms with Crippen molar-refractivity contribution in [3.05, 3.63) is 28.8 Å². The van der Waals surface area contributed by atoms with E-state index in [0.29, 0.717) is 6.04 Å². The predicted octanol–water partition coefficient (Wildman–Crippen LogP) is 3.28. The molecule has 1 fully saturated rings. The second-order valence-electron chi connectivity index (χ2n) is 5.77. The van der Waals surface area contributed by atoms with Crippen LogP contribution in [-0.2, 0) is 0 Å². The van der Waals surface area contributed by atoms with Gasteiger partial charge in [-0.25, -0.2) is 0 Å².